The lowest BCUT2D eigenvalue weighted by Crippen LogP contribution is -2.41. The Labute approximate surface area is 87.5 Å². The van der Waals surface area contributed by atoms with Gasteiger partial charge in [-0.2, -0.15) is 0 Å². The van der Waals surface area contributed by atoms with Crippen molar-refractivity contribution < 1.29 is 9.31 Å². The molecule has 1 aliphatic heterocycles. The number of hydrogen-bond acceptors (Lipinski definition) is 2. The molecular formula is C11H21BO2. The molecule has 0 spiro atoms. The second kappa shape index (κ2) is 2.76. The molecule has 0 aromatic carbocycles. The Morgan fingerprint density at radius 3 is 1.50 bits per heavy atom. The molecule has 0 aromatic heterocycles. The Kier molecular flexibility index (Phi) is 2.07. The third-order valence-corrected chi connectivity index (χ3v) is 4.49. The van der Waals surface area contributed by atoms with Crippen LogP contribution in [0.1, 0.15) is 41.5 Å². The maximum Gasteiger partial charge on any atom is 0.461 e. The van der Waals surface area contributed by atoms with Gasteiger partial charge in [0.05, 0.1) is 11.2 Å². The van der Waals surface area contributed by atoms with E-state index in [2.05, 4.69) is 41.5 Å². The normalized spacial score (nSPS) is 44.1. The van der Waals surface area contributed by atoms with Crippen molar-refractivity contribution in [1.82, 2.24) is 0 Å². The topological polar surface area (TPSA) is 18.5 Å². The van der Waals surface area contributed by atoms with Crippen molar-refractivity contribution in [1.29, 1.82) is 0 Å². The zero-order chi connectivity index (χ0) is 10.7. The molecule has 0 bridgehead atoms. The van der Waals surface area contributed by atoms with Gasteiger partial charge in [0.15, 0.2) is 0 Å². The Balaban J connectivity index is 2.08. The van der Waals surface area contributed by atoms with Crippen molar-refractivity contribution in [3.05, 3.63) is 0 Å². The highest BCUT2D eigenvalue weighted by Gasteiger charge is 2.61. The fourth-order valence-electron chi connectivity index (χ4n) is 2.24. The molecule has 0 N–H and O–H groups in total. The minimum Gasteiger partial charge on any atom is -0.403 e. The fraction of sp³-hybridized carbons (Fsp3) is 1.00. The van der Waals surface area contributed by atoms with E-state index < -0.39 is 0 Å². The van der Waals surface area contributed by atoms with E-state index >= 15 is 0 Å². The van der Waals surface area contributed by atoms with E-state index in [0.29, 0.717) is 5.82 Å². The molecule has 2 rings (SSSR count). The average molecular weight is 196 g/mol. The lowest BCUT2D eigenvalue weighted by Gasteiger charge is -2.32. The zero-order valence-corrected chi connectivity index (χ0v) is 10.1. The van der Waals surface area contributed by atoms with E-state index in [0.717, 1.165) is 11.8 Å². The van der Waals surface area contributed by atoms with Gasteiger partial charge < -0.3 is 9.31 Å². The van der Waals surface area contributed by atoms with Crippen molar-refractivity contribution in [3.63, 3.8) is 0 Å². The smallest absolute Gasteiger partial charge is 0.403 e. The number of hydrogen-bond donors (Lipinski definition) is 0. The van der Waals surface area contributed by atoms with Crippen LogP contribution < -0.4 is 0 Å². The van der Waals surface area contributed by atoms with Crippen LogP contribution in [0.4, 0.5) is 0 Å². The molecule has 1 heterocycles. The lowest BCUT2D eigenvalue weighted by atomic mass is 9.80. The first kappa shape index (κ1) is 10.5. The van der Waals surface area contributed by atoms with E-state index in [1.807, 2.05) is 0 Å². The second-order valence-corrected chi connectivity index (χ2v) is 5.92. The minimum atomic E-state index is -0.167. The fourth-order valence-corrected chi connectivity index (χ4v) is 2.24. The quantitative estimate of drug-likeness (QED) is 0.600. The molecule has 0 radical (unpaired) electrons. The molecule has 1 saturated heterocycles. The highest BCUT2D eigenvalue weighted by atomic mass is 16.7. The van der Waals surface area contributed by atoms with E-state index in [1.54, 1.807) is 0 Å². The highest BCUT2D eigenvalue weighted by Crippen LogP contribution is 2.57. The van der Waals surface area contributed by atoms with Gasteiger partial charge in [0.2, 0.25) is 0 Å². The summed E-state index contributed by atoms with van der Waals surface area (Å²) in [7, 11) is 0.0185. The largest absolute Gasteiger partial charge is 0.461 e. The first-order chi connectivity index (χ1) is 6.26. The first-order valence-electron chi connectivity index (χ1n) is 5.62. The molecule has 2 nitrogen and oxygen atoms in total. The Morgan fingerprint density at radius 1 is 0.857 bits per heavy atom. The molecule has 1 saturated carbocycles. The van der Waals surface area contributed by atoms with Gasteiger partial charge in [-0.1, -0.05) is 13.8 Å². The summed E-state index contributed by atoms with van der Waals surface area (Å²) in [6, 6.07) is 0. The van der Waals surface area contributed by atoms with Gasteiger partial charge in [-0.15, -0.1) is 0 Å². The van der Waals surface area contributed by atoms with Crippen molar-refractivity contribution in [2.75, 3.05) is 0 Å². The summed E-state index contributed by atoms with van der Waals surface area (Å²) in [5.41, 5.74) is -0.334. The summed E-state index contributed by atoms with van der Waals surface area (Å²) in [5.74, 6) is 2.12. The van der Waals surface area contributed by atoms with Crippen LogP contribution in [-0.2, 0) is 9.31 Å². The maximum absolute atomic E-state index is 6.01. The van der Waals surface area contributed by atoms with Gasteiger partial charge in [-0.3, -0.25) is 0 Å². The summed E-state index contributed by atoms with van der Waals surface area (Å²) < 4.78 is 12.0. The average Bonchev–Trinajstić information content (AvgIpc) is 2.49. The molecule has 80 valence electrons. The molecule has 0 unspecified atom stereocenters. The summed E-state index contributed by atoms with van der Waals surface area (Å²) >= 11 is 0. The predicted octanol–water partition coefficient (Wildman–Crippen LogP) is 2.73. The molecule has 2 fully saturated rings. The first-order valence-corrected chi connectivity index (χ1v) is 5.62. The third kappa shape index (κ3) is 1.33. The Hall–Kier alpha value is -0.0151. The Morgan fingerprint density at radius 2 is 1.21 bits per heavy atom. The van der Waals surface area contributed by atoms with Gasteiger partial charge in [0.25, 0.3) is 0 Å². The summed E-state index contributed by atoms with van der Waals surface area (Å²) in [6.45, 7) is 13.0. The predicted molar refractivity (Wildman–Crippen MR) is 58.2 cm³/mol. The van der Waals surface area contributed by atoms with Gasteiger partial charge in [-0.05, 0) is 45.3 Å². The highest BCUT2D eigenvalue weighted by molar-refractivity contribution is 6.48. The van der Waals surface area contributed by atoms with Crippen LogP contribution >= 0.6 is 0 Å². The molecular weight excluding hydrogens is 175 g/mol. The van der Waals surface area contributed by atoms with Gasteiger partial charge >= 0.3 is 7.12 Å². The zero-order valence-electron chi connectivity index (χ0n) is 10.1. The summed E-state index contributed by atoms with van der Waals surface area (Å²) in [6.07, 6.45) is 0. The van der Waals surface area contributed by atoms with Crippen LogP contribution in [0.5, 0.6) is 0 Å². The monoisotopic (exact) mass is 196 g/mol. The molecule has 14 heavy (non-hydrogen) atoms. The van der Waals surface area contributed by atoms with Crippen LogP contribution in [0, 0.1) is 11.8 Å². The third-order valence-electron chi connectivity index (χ3n) is 4.49. The van der Waals surface area contributed by atoms with Gasteiger partial charge in [0.1, 0.15) is 0 Å². The summed E-state index contributed by atoms with van der Waals surface area (Å²) in [4.78, 5) is 0. The van der Waals surface area contributed by atoms with E-state index in [9.17, 15) is 0 Å². The van der Waals surface area contributed by atoms with E-state index in [4.69, 9.17) is 9.31 Å². The van der Waals surface area contributed by atoms with Crippen LogP contribution in [0.2, 0.25) is 5.82 Å². The van der Waals surface area contributed by atoms with E-state index in [-0.39, 0.29) is 18.3 Å². The molecule has 2 atom stereocenters. The van der Waals surface area contributed by atoms with Gasteiger partial charge in [-0.25, -0.2) is 0 Å². The SMILES string of the molecule is C[C@H]1C(B2OC(C)(C)C(C)(C)O2)[C@@H]1C. The van der Waals surface area contributed by atoms with Crippen LogP contribution in [0.15, 0.2) is 0 Å². The van der Waals surface area contributed by atoms with Crippen LogP contribution in [-0.4, -0.2) is 18.3 Å². The van der Waals surface area contributed by atoms with Crippen molar-refractivity contribution in [3.8, 4) is 0 Å². The van der Waals surface area contributed by atoms with Crippen LogP contribution in [0.3, 0.4) is 0 Å². The van der Waals surface area contributed by atoms with Crippen molar-refractivity contribution in [2.24, 2.45) is 11.8 Å². The second-order valence-electron chi connectivity index (χ2n) is 5.92. The minimum absolute atomic E-state index is 0.0185. The molecule has 1 aliphatic carbocycles. The maximum atomic E-state index is 6.01. The molecule has 2 aliphatic rings. The molecule has 0 aromatic rings. The Bertz CT molecular complexity index is 226. The van der Waals surface area contributed by atoms with Crippen molar-refractivity contribution >= 4 is 7.12 Å². The standard InChI is InChI=1S/C11H21BO2/c1-7-8(2)9(7)12-13-10(3,4)11(5,6)14-12/h7-9H,1-6H3/t7-,8-/m1/s1. The van der Waals surface area contributed by atoms with Gasteiger partial charge in [0, 0.05) is 0 Å². The number of rotatable bonds is 1. The molecule has 0 amide bonds. The van der Waals surface area contributed by atoms with Crippen molar-refractivity contribution in [2.45, 2.75) is 58.6 Å². The summed E-state index contributed by atoms with van der Waals surface area (Å²) in [5, 5.41) is 0. The lowest BCUT2D eigenvalue weighted by molar-refractivity contribution is 0.00578. The van der Waals surface area contributed by atoms with Crippen LogP contribution in [0.25, 0.3) is 0 Å². The molecule has 3 heteroatoms. The van der Waals surface area contributed by atoms with E-state index in [1.165, 1.54) is 0 Å².